The van der Waals surface area contributed by atoms with Crippen LogP contribution in [0.4, 0.5) is 6.01 Å². The number of carbonyl (C=O) groups is 1. The third-order valence-electron chi connectivity index (χ3n) is 5.58. The van der Waals surface area contributed by atoms with Crippen LogP contribution in [0.2, 0.25) is 0 Å². The smallest absolute Gasteiger partial charge is 0.300 e. The highest BCUT2D eigenvalue weighted by molar-refractivity contribution is 5.83. The molecule has 0 N–H and O–H groups in total. The molecular formula is C21H22N4O2. The average Bonchev–Trinajstić information content (AvgIpc) is 3.40. The maximum atomic E-state index is 12.8. The van der Waals surface area contributed by atoms with Gasteiger partial charge in [0.05, 0.1) is 0 Å². The molecule has 1 aliphatic carbocycles. The lowest BCUT2D eigenvalue weighted by Crippen LogP contribution is -2.49. The maximum Gasteiger partial charge on any atom is 0.300 e. The van der Waals surface area contributed by atoms with E-state index < -0.39 is 0 Å². The molecular weight excluding hydrogens is 340 g/mol. The first-order valence-electron chi connectivity index (χ1n) is 9.52. The Labute approximate surface area is 157 Å². The van der Waals surface area contributed by atoms with Crippen molar-refractivity contribution in [3.05, 3.63) is 53.7 Å². The predicted octanol–water partition coefficient (Wildman–Crippen LogP) is 2.98. The number of aromatic nitrogens is 2. The Bertz CT molecular complexity index is 976. The van der Waals surface area contributed by atoms with E-state index in [1.165, 1.54) is 5.56 Å². The number of carbonyl (C=O) groups excluding carboxylic acids is 1. The number of fused-ring (bicyclic) bond motifs is 1. The van der Waals surface area contributed by atoms with Crippen molar-refractivity contribution in [2.24, 2.45) is 5.92 Å². The summed E-state index contributed by atoms with van der Waals surface area (Å²) in [6, 6.07) is 14.8. The second-order valence-electron chi connectivity index (χ2n) is 7.44. The number of oxazole rings is 1. The van der Waals surface area contributed by atoms with Crippen LogP contribution in [0.25, 0.3) is 11.2 Å². The van der Waals surface area contributed by atoms with Crippen LogP contribution in [-0.4, -0.2) is 47.0 Å². The zero-order chi connectivity index (χ0) is 18.4. The Morgan fingerprint density at radius 1 is 1.04 bits per heavy atom. The second-order valence-corrected chi connectivity index (χ2v) is 7.44. The number of piperazine rings is 1. The molecule has 1 aromatic carbocycles. The van der Waals surface area contributed by atoms with Crippen LogP contribution in [0, 0.1) is 12.8 Å². The van der Waals surface area contributed by atoms with Crippen LogP contribution in [0.1, 0.15) is 23.6 Å². The van der Waals surface area contributed by atoms with E-state index in [1.54, 1.807) is 0 Å². The van der Waals surface area contributed by atoms with Gasteiger partial charge in [-0.1, -0.05) is 30.3 Å². The SMILES string of the molecule is Cc1ccc2oc(N3CCN(C(=O)[C@H]4C[C@H]4c4ccccc4)CC3)nc2n1. The average molecular weight is 362 g/mol. The van der Waals surface area contributed by atoms with Gasteiger partial charge in [0.2, 0.25) is 11.6 Å². The molecule has 0 radical (unpaired) electrons. The van der Waals surface area contributed by atoms with Crippen LogP contribution in [-0.2, 0) is 4.79 Å². The van der Waals surface area contributed by atoms with Gasteiger partial charge >= 0.3 is 0 Å². The van der Waals surface area contributed by atoms with Crippen molar-refractivity contribution >= 4 is 23.2 Å². The number of hydrogen-bond donors (Lipinski definition) is 0. The van der Waals surface area contributed by atoms with Crippen LogP contribution in [0.15, 0.2) is 46.9 Å². The van der Waals surface area contributed by atoms with E-state index in [1.807, 2.05) is 42.2 Å². The number of aryl methyl sites for hydroxylation is 1. The molecule has 3 heterocycles. The summed E-state index contributed by atoms with van der Waals surface area (Å²) in [5, 5.41) is 0. The summed E-state index contributed by atoms with van der Waals surface area (Å²) in [6.07, 6.45) is 0.971. The fraction of sp³-hybridized carbons (Fsp3) is 0.381. The molecule has 0 unspecified atom stereocenters. The lowest BCUT2D eigenvalue weighted by Gasteiger charge is -2.34. The Kier molecular flexibility index (Phi) is 3.85. The molecule has 2 fully saturated rings. The Balaban J connectivity index is 1.22. The topological polar surface area (TPSA) is 62.5 Å². The van der Waals surface area contributed by atoms with Gasteiger partial charge < -0.3 is 14.2 Å². The van der Waals surface area contributed by atoms with Crippen molar-refractivity contribution in [2.75, 3.05) is 31.1 Å². The minimum Gasteiger partial charge on any atom is -0.422 e. The summed E-state index contributed by atoms with van der Waals surface area (Å²) in [4.78, 5) is 25.8. The van der Waals surface area contributed by atoms with E-state index in [0.717, 1.165) is 25.2 Å². The largest absolute Gasteiger partial charge is 0.422 e. The van der Waals surface area contributed by atoms with E-state index in [9.17, 15) is 4.79 Å². The molecule has 1 aliphatic heterocycles. The lowest BCUT2D eigenvalue weighted by molar-refractivity contribution is -0.133. The summed E-state index contributed by atoms with van der Waals surface area (Å²) in [5.41, 5.74) is 3.56. The molecule has 1 saturated heterocycles. The van der Waals surface area contributed by atoms with Crippen LogP contribution in [0.3, 0.4) is 0 Å². The fourth-order valence-electron chi connectivity index (χ4n) is 3.93. The first-order valence-corrected chi connectivity index (χ1v) is 9.52. The van der Waals surface area contributed by atoms with E-state index >= 15 is 0 Å². The number of nitrogens with zero attached hydrogens (tertiary/aromatic N) is 4. The van der Waals surface area contributed by atoms with Crippen molar-refractivity contribution in [3.63, 3.8) is 0 Å². The van der Waals surface area contributed by atoms with Crippen LogP contribution >= 0.6 is 0 Å². The Morgan fingerprint density at radius 2 is 1.81 bits per heavy atom. The van der Waals surface area contributed by atoms with Crippen LogP contribution in [0.5, 0.6) is 0 Å². The molecule has 1 saturated carbocycles. The van der Waals surface area contributed by atoms with Gasteiger partial charge in [0.15, 0.2) is 5.58 Å². The van der Waals surface area contributed by atoms with Crippen molar-refractivity contribution in [3.8, 4) is 0 Å². The van der Waals surface area contributed by atoms with E-state index in [0.29, 0.717) is 42.2 Å². The molecule has 1 amide bonds. The van der Waals surface area contributed by atoms with Gasteiger partial charge in [-0.2, -0.15) is 4.98 Å². The summed E-state index contributed by atoms with van der Waals surface area (Å²) >= 11 is 0. The van der Waals surface area contributed by atoms with Crippen molar-refractivity contribution < 1.29 is 9.21 Å². The molecule has 138 valence electrons. The van der Waals surface area contributed by atoms with Gasteiger partial charge in [-0.05, 0) is 37.0 Å². The second kappa shape index (κ2) is 6.37. The van der Waals surface area contributed by atoms with Gasteiger partial charge in [-0.25, -0.2) is 4.98 Å². The number of hydrogen-bond acceptors (Lipinski definition) is 5. The molecule has 6 heteroatoms. The fourth-order valence-corrected chi connectivity index (χ4v) is 3.93. The highest BCUT2D eigenvalue weighted by Crippen LogP contribution is 2.48. The highest BCUT2D eigenvalue weighted by Gasteiger charge is 2.46. The minimum atomic E-state index is 0.149. The predicted molar refractivity (Wildman–Crippen MR) is 103 cm³/mol. The number of pyridine rings is 1. The number of anilines is 1. The first kappa shape index (κ1) is 16.3. The highest BCUT2D eigenvalue weighted by atomic mass is 16.4. The molecule has 6 nitrogen and oxygen atoms in total. The molecule has 3 aromatic rings. The van der Waals surface area contributed by atoms with Gasteiger partial charge in [0.1, 0.15) is 0 Å². The lowest BCUT2D eigenvalue weighted by atomic mass is 10.1. The van der Waals surface area contributed by atoms with Gasteiger partial charge in [-0.3, -0.25) is 4.79 Å². The monoisotopic (exact) mass is 362 g/mol. The first-order chi connectivity index (χ1) is 13.2. The summed E-state index contributed by atoms with van der Waals surface area (Å²) in [7, 11) is 0. The van der Waals surface area contributed by atoms with Gasteiger partial charge in [0, 0.05) is 37.8 Å². The van der Waals surface area contributed by atoms with Crippen molar-refractivity contribution in [1.29, 1.82) is 0 Å². The van der Waals surface area contributed by atoms with Gasteiger partial charge in [-0.15, -0.1) is 0 Å². The van der Waals surface area contributed by atoms with E-state index in [-0.39, 0.29) is 5.92 Å². The molecule has 0 bridgehead atoms. The van der Waals surface area contributed by atoms with E-state index in [2.05, 4.69) is 27.0 Å². The normalized spacial score (nSPS) is 22.3. The molecule has 2 aliphatic rings. The number of amides is 1. The van der Waals surface area contributed by atoms with Crippen molar-refractivity contribution in [1.82, 2.24) is 14.9 Å². The summed E-state index contributed by atoms with van der Waals surface area (Å²) < 4.78 is 5.84. The quantitative estimate of drug-likeness (QED) is 0.717. The minimum absolute atomic E-state index is 0.149. The molecule has 0 spiro atoms. The van der Waals surface area contributed by atoms with Gasteiger partial charge in [0.25, 0.3) is 6.01 Å². The standard InChI is InChI=1S/C21H22N4O2/c1-14-7-8-18-19(22-14)23-21(27-18)25-11-9-24(10-12-25)20(26)17-13-16(17)15-5-3-2-4-6-15/h2-8,16-17H,9-13H2,1H3/t16-,17-/m0/s1. The number of rotatable bonds is 3. The molecule has 2 atom stereocenters. The Hall–Kier alpha value is -2.89. The zero-order valence-electron chi connectivity index (χ0n) is 15.3. The number of benzene rings is 1. The summed E-state index contributed by atoms with van der Waals surface area (Å²) in [6.45, 7) is 4.84. The summed E-state index contributed by atoms with van der Waals surface area (Å²) in [5.74, 6) is 0.830. The molecule has 5 rings (SSSR count). The third-order valence-corrected chi connectivity index (χ3v) is 5.58. The molecule has 2 aromatic heterocycles. The maximum absolute atomic E-state index is 12.8. The van der Waals surface area contributed by atoms with Crippen LogP contribution < -0.4 is 4.90 Å². The molecule has 27 heavy (non-hydrogen) atoms. The van der Waals surface area contributed by atoms with E-state index in [4.69, 9.17) is 4.42 Å². The zero-order valence-corrected chi connectivity index (χ0v) is 15.3. The third kappa shape index (κ3) is 3.05. The Morgan fingerprint density at radius 3 is 2.59 bits per heavy atom. The van der Waals surface area contributed by atoms with Crippen molar-refractivity contribution in [2.45, 2.75) is 19.3 Å².